The van der Waals surface area contributed by atoms with Crippen molar-refractivity contribution in [2.24, 2.45) is 0 Å². The number of aryl methyl sites for hydroxylation is 1. The number of rotatable bonds is 9. The summed E-state index contributed by atoms with van der Waals surface area (Å²) in [5.41, 5.74) is -1.26. The normalized spacial score (nSPS) is 15.2. The summed E-state index contributed by atoms with van der Waals surface area (Å²) in [7, 11) is 0. The van der Waals surface area contributed by atoms with Gasteiger partial charge in [-0.25, -0.2) is 19.1 Å². The van der Waals surface area contributed by atoms with Crippen molar-refractivity contribution < 1.29 is 23.8 Å². The van der Waals surface area contributed by atoms with Crippen LogP contribution in [0.15, 0.2) is 50.7 Å². The molecular formula is C29H30N4O7S. The lowest BCUT2D eigenvalue weighted by Gasteiger charge is -2.30. The van der Waals surface area contributed by atoms with Crippen molar-refractivity contribution in [3.63, 3.8) is 0 Å². The summed E-state index contributed by atoms with van der Waals surface area (Å²) in [6, 6.07) is 9.60. The predicted molar refractivity (Wildman–Crippen MR) is 151 cm³/mol. The third-order valence-electron chi connectivity index (χ3n) is 7.47. The van der Waals surface area contributed by atoms with Crippen LogP contribution in [0, 0.1) is 18.3 Å². The minimum Gasteiger partial charge on any atom is -0.480 e. The van der Waals surface area contributed by atoms with E-state index in [1.165, 1.54) is 42.2 Å². The highest BCUT2D eigenvalue weighted by Gasteiger charge is 2.36. The van der Waals surface area contributed by atoms with Crippen molar-refractivity contribution in [3.05, 3.63) is 74.3 Å². The van der Waals surface area contributed by atoms with E-state index in [-0.39, 0.29) is 24.5 Å². The first kappa shape index (κ1) is 28.5. The molecule has 0 unspecified atom stereocenters. The van der Waals surface area contributed by atoms with E-state index >= 15 is 0 Å². The van der Waals surface area contributed by atoms with Gasteiger partial charge in [0.25, 0.3) is 5.56 Å². The van der Waals surface area contributed by atoms with Gasteiger partial charge in [0.1, 0.15) is 22.7 Å². The van der Waals surface area contributed by atoms with Gasteiger partial charge in [0.2, 0.25) is 5.89 Å². The maximum absolute atomic E-state index is 14.1. The van der Waals surface area contributed by atoms with E-state index < -0.39 is 28.9 Å². The Morgan fingerprint density at radius 3 is 2.68 bits per heavy atom. The molecule has 3 aromatic heterocycles. The van der Waals surface area contributed by atoms with Crippen LogP contribution in [0.3, 0.4) is 0 Å². The predicted octanol–water partition coefficient (Wildman–Crippen LogP) is 4.01. The lowest BCUT2D eigenvalue weighted by atomic mass is 9.99. The molecule has 12 heteroatoms. The standard InChI is InChI=1S/C29H30N4O7S/c1-17-22-25(34)33(29(2,3)27(35)36)28(37)32(26(22)41-23(17)24-31-12-15-39-24)16-21(40-19-9-13-38-14-10-19)20-7-5-4-6-18(20)8-11-30/h4-7,12,15,19,21H,8-10,13-14,16H2,1-3H3,(H,35,36)/t21-/m1/s1. The number of carboxylic acids is 1. The van der Waals surface area contributed by atoms with Gasteiger partial charge >= 0.3 is 11.7 Å². The number of fused-ring (bicyclic) bond motifs is 1. The molecule has 1 aliphatic rings. The zero-order chi connectivity index (χ0) is 29.3. The average molecular weight is 579 g/mol. The number of nitrogens with zero attached hydrogens (tertiary/aromatic N) is 4. The molecule has 1 atom stereocenters. The van der Waals surface area contributed by atoms with Gasteiger partial charge < -0.3 is 19.0 Å². The van der Waals surface area contributed by atoms with Crippen LogP contribution < -0.4 is 11.2 Å². The average Bonchev–Trinajstić information content (AvgIpc) is 3.59. The first-order chi connectivity index (χ1) is 19.6. The van der Waals surface area contributed by atoms with E-state index in [9.17, 15) is 24.8 Å². The maximum Gasteiger partial charge on any atom is 0.333 e. The molecule has 0 spiro atoms. The molecule has 0 bridgehead atoms. The van der Waals surface area contributed by atoms with E-state index in [4.69, 9.17) is 13.9 Å². The molecule has 11 nitrogen and oxygen atoms in total. The van der Waals surface area contributed by atoms with Crippen molar-refractivity contribution in [1.82, 2.24) is 14.1 Å². The highest BCUT2D eigenvalue weighted by molar-refractivity contribution is 7.22. The Morgan fingerprint density at radius 2 is 2.02 bits per heavy atom. The molecule has 1 aliphatic heterocycles. The van der Waals surface area contributed by atoms with Crippen molar-refractivity contribution in [1.29, 1.82) is 5.26 Å². The quantitative estimate of drug-likeness (QED) is 0.311. The minimum absolute atomic E-state index is 0.0178. The number of hydrogen-bond acceptors (Lipinski definition) is 9. The molecule has 0 aliphatic carbocycles. The molecule has 5 rings (SSSR count). The molecule has 1 N–H and O–H groups in total. The van der Waals surface area contributed by atoms with Crippen LogP contribution in [0.5, 0.6) is 0 Å². The van der Waals surface area contributed by atoms with Gasteiger partial charge in [-0.2, -0.15) is 5.26 Å². The smallest absolute Gasteiger partial charge is 0.333 e. The molecule has 1 aromatic carbocycles. The fourth-order valence-electron chi connectivity index (χ4n) is 5.15. The van der Waals surface area contributed by atoms with Gasteiger partial charge in [-0.15, -0.1) is 11.3 Å². The van der Waals surface area contributed by atoms with Gasteiger partial charge in [0, 0.05) is 13.2 Å². The van der Waals surface area contributed by atoms with Crippen LogP contribution in [0.4, 0.5) is 0 Å². The third kappa shape index (κ3) is 5.24. The van der Waals surface area contributed by atoms with Crippen molar-refractivity contribution >= 4 is 27.5 Å². The van der Waals surface area contributed by atoms with E-state index in [2.05, 4.69) is 11.1 Å². The minimum atomic E-state index is -1.84. The fraction of sp³-hybridized carbons (Fsp3) is 0.414. The van der Waals surface area contributed by atoms with Crippen LogP contribution in [-0.4, -0.2) is 44.5 Å². The zero-order valence-corrected chi connectivity index (χ0v) is 23.8. The molecule has 41 heavy (non-hydrogen) atoms. The van der Waals surface area contributed by atoms with Gasteiger partial charge in [-0.1, -0.05) is 24.3 Å². The van der Waals surface area contributed by atoms with Gasteiger partial charge in [0.05, 0.1) is 41.6 Å². The molecule has 4 heterocycles. The van der Waals surface area contributed by atoms with Crippen molar-refractivity contribution in [3.8, 4) is 16.8 Å². The monoisotopic (exact) mass is 578 g/mol. The Morgan fingerprint density at radius 1 is 1.29 bits per heavy atom. The zero-order valence-electron chi connectivity index (χ0n) is 23.0. The number of aliphatic carboxylic acids is 1. The second-order valence-corrected chi connectivity index (χ2v) is 11.4. The van der Waals surface area contributed by atoms with E-state index in [1.807, 2.05) is 24.3 Å². The SMILES string of the molecule is Cc1c(-c2ncco2)sc2c1c(=O)n(C(C)(C)C(=O)O)c(=O)n2C[C@@H](OC1CCOCC1)c1ccccc1CC#N. The molecule has 0 radical (unpaired) electrons. The Balaban J connectivity index is 1.76. The molecular weight excluding hydrogens is 548 g/mol. The maximum atomic E-state index is 14.1. The first-order valence-electron chi connectivity index (χ1n) is 13.3. The van der Waals surface area contributed by atoms with E-state index in [0.29, 0.717) is 47.2 Å². The van der Waals surface area contributed by atoms with Crippen molar-refractivity contribution in [2.45, 2.75) is 64.3 Å². The molecule has 214 valence electrons. The Bertz CT molecular complexity index is 1740. The Kier molecular flexibility index (Phi) is 7.95. The van der Waals surface area contributed by atoms with Crippen LogP contribution >= 0.6 is 11.3 Å². The number of benzene rings is 1. The largest absolute Gasteiger partial charge is 0.480 e. The molecule has 1 fully saturated rings. The van der Waals surface area contributed by atoms with Crippen LogP contribution in [0.2, 0.25) is 0 Å². The second-order valence-electron chi connectivity index (χ2n) is 10.4. The molecule has 1 saturated heterocycles. The number of ether oxygens (including phenoxy) is 2. The lowest BCUT2D eigenvalue weighted by Crippen LogP contribution is -2.52. The number of aromatic nitrogens is 3. The molecule has 4 aromatic rings. The van der Waals surface area contributed by atoms with Gasteiger partial charge in [-0.3, -0.25) is 9.36 Å². The summed E-state index contributed by atoms with van der Waals surface area (Å²) in [5.74, 6) is -1.03. The van der Waals surface area contributed by atoms with Crippen LogP contribution in [0.1, 0.15) is 49.5 Å². The van der Waals surface area contributed by atoms with E-state index in [1.54, 1.807) is 6.92 Å². The summed E-state index contributed by atoms with van der Waals surface area (Å²) in [4.78, 5) is 45.4. The van der Waals surface area contributed by atoms with Crippen LogP contribution in [-0.2, 0) is 32.8 Å². The third-order valence-corrected chi connectivity index (χ3v) is 8.77. The van der Waals surface area contributed by atoms with Gasteiger partial charge in [-0.05, 0) is 50.3 Å². The highest BCUT2D eigenvalue weighted by atomic mass is 32.1. The molecule has 0 saturated carbocycles. The number of nitriles is 1. The summed E-state index contributed by atoms with van der Waals surface area (Å²) in [5, 5.41) is 19.7. The van der Waals surface area contributed by atoms with E-state index in [0.717, 1.165) is 15.7 Å². The second kappa shape index (κ2) is 11.4. The summed E-state index contributed by atoms with van der Waals surface area (Å²) < 4.78 is 19.8. The molecule has 0 amide bonds. The van der Waals surface area contributed by atoms with Crippen LogP contribution in [0.25, 0.3) is 21.0 Å². The van der Waals surface area contributed by atoms with Crippen molar-refractivity contribution in [2.75, 3.05) is 13.2 Å². The number of hydrogen-bond donors (Lipinski definition) is 1. The number of carbonyl (C=O) groups is 1. The Hall–Kier alpha value is -4.05. The van der Waals surface area contributed by atoms with Gasteiger partial charge in [0.15, 0.2) is 0 Å². The number of thiophene rings is 1. The summed E-state index contributed by atoms with van der Waals surface area (Å²) in [6.45, 7) is 5.44. The highest BCUT2D eigenvalue weighted by Crippen LogP contribution is 2.37. The summed E-state index contributed by atoms with van der Waals surface area (Å²) >= 11 is 1.18. The Labute approximate surface area is 239 Å². The first-order valence-corrected chi connectivity index (χ1v) is 14.1. The topological polar surface area (TPSA) is 150 Å². The summed E-state index contributed by atoms with van der Waals surface area (Å²) in [6.07, 6.45) is 3.56. The fourth-order valence-corrected chi connectivity index (χ4v) is 6.40. The lowest BCUT2D eigenvalue weighted by molar-refractivity contribution is -0.146. The number of carboxylic acid groups (broad SMARTS) is 1. The number of oxazole rings is 1.